The summed E-state index contributed by atoms with van der Waals surface area (Å²) in [6, 6.07) is 19.7. The molecule has 0 atom stereocenters. The second-order valence-corrected chi connectivity index (χ2v) is 9.00. The number of carbonyl (C=O) groups is 2. The van der Waals surface area contributed by atoms with Crippen molar-refractivity contribution in [2.24, 2.45) is 0 Å². The summed E-state index contributed by atoms with van der Waals surface area (Å²) in [4.78, 5) is 28.6. The summed E-state index contributed by atoms with van der Waals surface area (Å²) in [5, 5.41) is 22.6. The van der Waals surface area contributed by atoms with Gasteiger partial charge in [0, 0.05) is 34.0 Å². The average molecular weight is 497 g/mol. The number of rotatable bonds is 5. The number of hydrogen-bond donors (Lipinski definition) is 3. The first-order valence-electron chi connectivity index (χ1n) is 11.2. The number of hydrogen-bond acceptors (Lipinski definition) is 4. The quantitative estimate of drug-likeness (QED) is 0.285. The summed E-state index contributed by atoms with van der Waals surface area (Å²) in [5.41, 5.74) is 6.78. The van der Waals surface area contributed by atoms with Crippen molar-refractivity contribution in [3.05, 3.63) is 100 Å². The Morgan fingerprint density at radius 3 is 2.56 bits per heavy atom. The maximum atomic E-state index is 12.8. The summed E-state index contributed by atoms with van der Waals surface area (Å²) in [6.45, 7) is 1.86. The van der Waals surface area contributed by atoms with Crippen molar-refractivity contribution < 1.29 is 19.8 Å². The van der Waals surface area contributed by atoms with Crippen LogP contribution in [0, 0.1) is 6.92 Å². The van der Waals surface area contributed by atoms with Crippen LogP contribution in [-0.2, 0) is 16.0 Å². The number of fused-ring (bicyclic) bond motifs is 1. The van der Waals surface area contributed by atoms with Crippen molar-refractivity contribution in [3.8, 4) is 28.1 Å². The van der Waals surface area contributed by atoms with Gasteiger partial charge in [-0.3, -0.25) is 14.6 Å². The summed E-state index contributed by atoms with van der Waals surface area (Å²) >= 11 is 6.56. The Balaban J connectivity index is 1.53. The summed E-state index contributed by atoms with van der Waals surface area (Å²) in [7, 11) is 0. The summed E-state index contributed by atoms with van der Waals surface area (Å²) in [6.07, 6.45) is 3.33. The highest BCUT2D eigenvalue weighted by atomic mass is 35.5. The molecule has 0 bridgehead atoms. The predicted molar refractivity (Wildman–Crippen MR) is 141 cm³/mol. The van der Waals surface area contributed by atoms with Crippen LogP contribution in [-0.4, -0.2) is 27.1 Å². The zero-order valence-corrected chi connectivity index (χ0v) is 20.0. The highest BCUT2D eigenvalue weighted by molar-refractivity contribution is 6.38. The van der Waals surface area contributed by atoms with Crippen LogP contribution in [0.4, 0.5) is 5.69 Å². The second-order valence-electron chi connectivity index (χ2n) is 8.60. The van der Waals surface area contributed by atoms with E-state index in [0.717, 1.165) is 16.7 Å². The largest absolute Gasteiger partial charge is 0.507 e. The Morgan fingerprint density at radius 1 is 1.03 bits per heavy atom. The molecule has 0 spiro atoms. The van der Waals surface area contributed by atoms with Crippen LogP contribution in [0.5, 0.6) is 5.75 Å². The molecule has 36 heavy (non-hydrogen) atoms. The lowest BCUT2D eigenvalue weighted by atomic mass is 9.97. The van der Waals surface area contributed by atoms with Crippen molar-refractivity contribution in [1.82, 2.24) is 4.98 Å². The highest BCUT2D eigenvalue weighted by Crippen LogP contribution is 2.40. The molecule has 0 unspecified atom stereocenters. The molecule has 6 nitrogen and oxygen atoms in total. The molecule has 1 aromatic heterocycles. The Bertz CT molecular complexity index is 1560. The third-order valence-electron chi connectivity index (χ3n) is 6.17. The number of nitrogens with one attached hydrogen (secondary N) is 1. The van der Waals surface area contributed by atoms with Crippen molar-refractivity contribution >= 4 is 40.8 Å². The number of aryl methyl sites for hydroxylation is 1. The van der Waals surface area contributed by atoms with E-state index in [0.29, 0.717) is 44.2 Å². The number of para-hydroxylation sites is 1. The summed E-state index contributed by atoms with van der Waals surface area (Å²) in [5.74, 6) is -1.00. The van der Waals surface area contributed by atoms with E-state index in [-0.39, 0.29) is 18.1 Å². The van der Waals surface area contributed by atoms with E-state index in [2.05, 4.69) is 10.3 Å². The van der Waals surface area contributed by atoms with Gasteiger partial charge < -0.3 is 15.5 Å². The minimum Gasteiger partial charge on any atom is -0.507 e. The molecule has 1 aliphatic heterocycles. The summed E-state index contributed by atoms with van der Waals surface area (Å²) < 4.78 is 0. The van der Waals surface area contributed by atoms with Crippen LogP contribution in [0.25, 0.3) is 34.0 Å². The van der Waals surface area contributed by atoms with Gasteiger partial charge in [-0.15, -0.1) is 0 Å². The third kappa shape index (κ3) is 4.46. The molecule has 5 rings (SSSR count). The number of aromatic nitrogens is 1. The molecule has 0 aliphatic carbocycles. The third-order valence-corrected chi connectivity index (χ3v) is 6.48. The number of carboxylic acids is 1. The highest BCUT2D eigenvalue weighted by Gasteiger charge is 2.26. The van der Waals surface area contributed by atoms with E-state index in [1.54, 1.807) is 36.5 Å². The number of phenolic OH excluding ortho intramolecular Hbond substituents is 1. The van der Waals surface area contributed by atoms with Gasteiger partial charge >= 0.3 is 5.97 Å². The number of carbonyl (C=O) groups excluding carboxylic acids is 1. The Morgan fingerprint density at radius 2 is 1.83 bits per heavy atom. The topological polar surface area (TPSA) is 99.5 Å². The molecule has 3 aromatic carbocycles. The van der Waals surface area contributed by atoms with Crippen LogP contribution in [0.1, 0.15) is 22.3 Å². The van der Waals surface area contributed by atoms with E-state index in [1.165, 1.54) is 0 Å². The fraction of sp³-hybridized carbons (Fsp3) is 0.0690. The molecule has 0 radical (unpaired) electrons. The van der Waals surface area contributed by atoms with Gasteiger partial charge in [-0.1, -0.05) is 54.1 Å². The first-order valence-corrected chi connectivity index (χ1v) is 11.6. The Hall–Kier alpha value is -4.42. The standard InChI is InChI=1S/C29H21ClN2O4/c1-16-6-7-17(10-19(16)12-28(34)35)11-22-21-13-23(24(30)14-26(21)32-29(22)36)25-9-8-18(15-31-25)20-4-2-3-5-27(20)33/h2-11,13-15,33H,12H2,1H3,(H,32,36)(H,34,35)/b22-11-. The van der Waals surface area contributed by atoms with Crippen molar-refractivity contribution in [2.45, 2.75) is 13.3 Å². The number of anilines is 1. The van der Waals surface area contributed by atoms with Crippen molar-refractivity contribution in [1.29, 1.82) is 0 Å². The molecule has 2 heterocycles. The molecule has 3 N–H and O–H groups in total. The Labute approximate surface area is 212 Å². The molecule has 4 aromatic rings. The first-order chi connectivity index (χ1) is 17.3. The van der Waals surface area contributed by atoms with Crippen molar-refractivity contribution in [3.63, 3.8) is 0 Å². The maximum absolute atomic E-state index is 12.8. The van der Waals surface area contributed by atoms with Crippen LogP contribution in [0.2, 0.25) is 5.02 Å². The van der Waals surface area contributed by atoms with Crippen LogP contribution < -0.4 is 5.32 Å². The predicted octanol–water partition coefficient (Wildman–Crippen LogP) is 6.20. The van der Waals surface area contributed by atoms with E-state index in [9.17, 15) is 19.8 Å². The molecule has 0 saturated heterocycles. The number of carboxylic acid groups (broad SMARTS) is 1. The van der Waals surface area contributed by atoms with Gasteiger partial charge in [-0.2, -0.15) is 0 Å². The lowest BCUT2D eigenvalue weighted by Gasteiger charge is -2.09. The van der Waals surface area contributed by atoms with E-state index in [4.69, 9.17) is 11.6 Å². The smallest absolute Gasteiger partial charge is 0.307 e. The molecule has 0 saturated carbocycles. The molecular weight excluding hydrogens is 476 g/mol. The SMILES string of the molecule is Cc1ccc(/C=C2\C(=O)Nc3cc(Cl)c(-c4ccc(-c5ccccc5O)cn4)cc32)cc1CC(=O)O. The molecular formula is C29H21ClN2O4. The van der Waals surface area contributed by atoms with Gasteiger partial charge in [-0.05, 0) is 54.0 Å². The van der Waals surface area contributed by atoms with Crippen LogP contribution >= 0.6 is 11.6 Å². The lowest BCUT2D eigenvalue weighted by Crippen LogP contribution is -2.04. The van der Waals surface area contributed by atoms with Gasteiger partial charge in [0.2, 0.25) is 0 Å². The Kier molecular flexibility index (Phi) is 6.04. The maximum Gasteiger partial charge on any atom is 0.307 e. The number of nitrogens with zero attached hydrogens (tertiary/aromatic N) is 1. The van der Waals surface area contributed by atoms with E-state index < -0.39 is 5.97 Å². The fourth-order valence-corrected chi connectivity index (χ4v) is 4.54. The number of halogens is 1. The number of pyridine rings is 1. The molecule has 1 aliphatic rings. The minimum absolute atomic E-state index is 0.0895. The molecule has 0 fully saturated rings. The van der Waals surface area contributed by atoms with Gasteiger partial charge in [0.05, 0.1) is 22.8 Å². The molecule has 7 heteroatoms. The van der Waals surface area contributed by atoms with Gasteiger partial charge in [0.15, 0.2) is 0 Å². The monoisotopic (exact) mass is 496 g/mol. The fourth-order valence-electron chi connectivity index (χ4n) is 4.28. The normalized spacial score (nSPS) is 13.5. The zero-order valence-electron chi connectivity index (χ0n) is 19.2. The zero-order chi connectivity index (χ0) is 25.4. The van der Waals surface area contributed by atoms with Gasteiger partial charge in [-0.25, -0.2) is 0 Å². The van der Waals surface area contributed by atoms with E-state index >= 15 is 0 Å². The molecule has 178 valence electrons. The first kappa shape index (κ1) is 23.3. The van der Waals surface area contributed by atoms with Gasteiger partial charge in [0.1, 0.15) is 5.75 Å². The van der Waals surface area contributed by atoms with Crippen molar-refractivity contribution in [2.75, 3.05) is 5.32 Å². The number of aliphatic carboxylic acids is 1. The second kappa shape index (κ2) is 9.32. The van der Waals surface area contributed by atoms with E-state index in [1.807, 2.05) is 49.4 Å². The molecule has 1 amide bonds. The number of phenols is 1. The number of aromatic hydroxyl groups is 1. The number of benzene rings is 3. The van der Waals surface area contributed by atoms with Crippen LogP contribution in [0.15, 0.2) is 72.9 Å². The van der Waals surface area contributed by atoms with Gasteiger partial charge in [0.25, 0.3) is 5.91 Å². The average Bonchev–Trinajstić information content (AvgIpc) is 3.14. The lowest BCUT2D eigenvalue weighted by molar-refractivity contribution is -0.136. The van der Waals surface area contributed by atoms with Crippen LogP contribution in [0.3, 0.4) is 0 Å². The number of amides is 1. The minimum atomic E-state index is -0.910.